The summed E-state index contributed by atoms with van der Waals surface area (Å²) < 4.78 is 0. The molecule has 0 fully saturated rings. The van der Waals surface area contributed by atoms with Gasteiger partial charge in [0.1, 0.15) is 5.56 Å². The fraction of sp³-hybridized carbons (Fsp3) is 0.385. The van der Waals surface area contributed by atoms with Crippen LogP contribution in [0, 0.1) is 10.1 Å². The molecule has 1 rings (SSSR count). The Morgan fingerprint density at radius 2 is 2.05 bits per heavy atom. The van der Waals surface area contributed by atoms with Crippen molar-refractivity contribution in [2.45, 2.75) is 26.4 Å². The van der Waals surface area contributed by atoms with Crippen LogP contribution in [0.15, 0.2) is 18.2 Å². The van der Waals surface area contributed by atoms with Gasteiger partial charge in [-0.1, -0.05) is 12.1 Å². The second-order valence-electron chi connectivity index (χ2n) is 4.70. The van der Waals surface area contributed by atoms with Crippen LogP contribution >= 0.6 is 0 Å². The Bertz CT molecular complexity index is 557. The summed E-state index contributed by atoms with van der Waals surface area (Å²) in [4.78, 5) is 32.7. The van der Waals surface area contributed by atoms with Crippen LogP contribution in [0.3, 0.4) is 0 Å². The van der Waals surface area contributed by atoms with E-state index >= 15 is 0 Å². The van der Waals surface area contributed by atoms with Crippen molar-refractivity contribution in [1.82, 2.24) is 10.6 Å². The highest BCUT2D eigenvalue weighted by Gasteiger charge is 2.23. The number of carboxylic acids is 1. The first-order valence-corrected chi connectivity index (χ1v) is 6.32. The minimum Gasteiger partial charge on any atom is -0.477 e. The number of amides is 1. The molecule has 0 heterocycles. The lowest BCUT2D eigenvalue weighted by Gasteiger charge is -2.10. The van der Waals surface area contributed by atoms with E-state index in [-0.39, 0.29) is 36.2 Å². The van der Waals surface area contributed by atoms with Gasteiger partial charge in [-0.15, -0.1) is 0 Å². The molecule has 0 aliphatic carbocycles. The van der Waals surface area contributed by atoms with E-state index in [1.54, 1.807) is 0 Å². The number of carbonyl (C=O) groups is 2. The van der Waals surface area contributed by atoms with Gasteiger partial charge in [0.25, 0.3) is 5.69 Å². The predicted octanol–water partition coefficient (Wildman–Crippen LogP) is 0.907. The Labute approximate surface area is 121 Å². The molecule has 0 bridgehead atoms. The van der Waals surface area contributed by atoms with Crippen molar-refractivity contribution in [2.24, 2.45) is 0 Å². The highest BCUT2D eigenvalue weighted by Crippen LogP contribution is 2.22. The number of carboxylic acid groups (broad SMARTS) is 1. The van der Waals surface area contributed by atoms with Crippen molar-refractivity contribution in [3.63, 3.8) is 0 Å². The first-order chi connectivity index (χ1) is 9.82. The van der Waals surface area contributed by atoms with Gasteiger partial charge < -0.3 is 15.7 Å². The fourth-order valence-corrected chi connectivity index (χ4v) is 1.82. The molecule has 21 heavy (non-hydrogen) atoms. The minimum atomic E-state index is -1.37. The molecular weight excluding hydrogens is 278 g/mol. The summed E-state index contributed by atoms with van der Waals surface area (Å²) in [5, 5.41) is 25.4. The Balaban J connectivity index is 2.80. The molecule has 8 nitrogen and oxygen atoms in total. The number of carbonyl (C=O) groups excluding carboxylic acids is 1. The van der Waals surface area contributed by atoms with Crippen LogP contribution in [0.25, 0.3) is 0 Å². The normalized spacial score (nSPS) is 10.4. The predicted molar refractivity (Wildman–Crippen MR) is 75.0 cm³/mol. The van der Waals surface area contributed by atoms with Crippen molar-refractivity contribution >= 4 is 17.6 Å². The van der Waals surface area contributed by atoms with Crippen molar-refractivity contribution in [3.05, 3.63) is 39.4 Å². The molecule has 0 saturated heterocycles. The van der Waals surface area contributed by atoms with Crippen LogP contribution in [-0.4, -0.2) is 34.5 Å². The lowest BCUT2D eigenvalue weighted by atomic mass is 10.1. The summed E-state index contributed by atoms with van der Waals surface area (Å²) >= 11 is 0. The zero-order valence-electron chi connectivity index (χ0n) is 11.8. The van der Waals surface area contributed by atoms with Crippen molar-refractivity contribution < 1.29 is 19.6 Å². The lowest BCUT2D eigenvalue weighted by molar-refractivity contribution is -0.385. The summed E-state index contributed by atoms with van der Waals surface area (Å²) in [7, 11) is 0. The van der Waals surface area contributed by atoms with Gasteiger partial charge in [0.15, 0.2) is 0 Å². The molecule has 1 aromatic rings. The van der Waals surface area contributed by atoms with Gasteiger partial charge in [-0.25, -0.2) is 4.79 Å². The summed E-state index contributed by atoms with van der Waals surface area (Å²) in [6, 6.07) is 4.03. The zero-order valence-corrected chi connectivity index (χ0v) is 11.8. The second-order valence-corrected chi connectivity index (χ2v) is 4.70. The van der Waals surface area contributed by atoms with E-state index < -0.39 is 16.6 Å². The highest BCUT2D eigenvalue weighted by molar-refractivity contribution is 5.94. The third kappa shape index (κ3) is 4.84. The molecule has 3 N–H and O–H groups in total. The highest BCUT2D eigenvalue weighted by atomic mass is 16.6. The number of benzene rings is 1. The summed E-state index contributed by atoms with van der Waals surface area (Å²) in [6.07, 6.45) is 0. The molecule has 114 valence electrons. The number of hydrogen-bond acceptors (Lipinski definition) is 5. The summed E-state index contributed by atoms with van der Waals surface area (Å²) in [5.41, 5.74) is -0.568. The summed E-state index contributed by atoms with van der Waals surface area (Å²) in [6.45, 7) is 3.69. The van der Waals surface area contributed by atoms with E-state index in [2.05, 4.69) is 10.6 Å². The molecule has 0 aliphatic rings. The van der Waals surface area contributed by atoms with Gasteiger partial charge in [0, 0.05) is 18.7 Å². The van der Waals surface area contributed by atoms with Crippen LogP contribution < -0.4 is 10.6 Å². The van der Waals surface area contributed by atoms with Crippen LogP contribution in [0.4, 0.5) is 5.69 Å². The van der Waals surface area contributed by atoms with Crippen LogP contribution in [0.1, 0.15) is 29.8 Å². The average molecular weight is 295 g/mol. The average Bonchev–Trinajstić information content (AvgIpc) is 2.37. The molecule has 0 atom stereocenters. The minimum absolute atomic E-state index is 0.0000685. The van der Waals surface area contributed by atoms with Gasteiger partial charge in [-0.05, 0) is 19.4 Å². The molecule has 0 radical (unpaired) electrons. The van der Waals surface area contributed by atoms with E-state index in [9.17, 15) is 19.7 Å². The molecule has 0 aromatic heterocycles. The Morgan fingerprint density at radius 3 is 2.57 bits per heavy atom. The van der Waals surface area contributed by atoms with Crippen LogP contribution in [-0.2, 0) is 11.3 Å². The first kappa shape index (κ1) is 16.6. The maximum atomic E-state index is 11.4. The van der Waals surface area contributed by atoms with Gasteiger partial charge in [0.05, 0.1) is 11.5 Å². The van der Waals surface area contributed by atoms with E-state index in [1.165, 1.54) is 12.1 Å². The Morgan fingerprint density at radius 1 is 1.38 bits per heavy atom. The maximum Gasteiger partial charge on any atom is 0.343 e. The van der Waals surface area contributed by atoms with E-state index in [0.29, 0.717) is 0 Å². The lowest BCUT2D eigenvalue weighted by Crippen LogP contribution is -2.37. The van der Waals surface area contributed by atoms with E-state index in [4.69, 9.17) is 5.11 Å². The zero-order chi connectivity index (χ0) is 16.0. The standard InChI is InChI=1S/C13H17N3O5/c1-8(2)15-11(17)7-14-6-9-4-3-5-10(16(20)21)12(9)13(18)19/h3-5,8,14H,6-7H2,1-2H3,(H,15,17)(H,18,19). The van der Waals surface area contributed by atoms with Crippen molar-refractivity contribution in [1.29, 1.82) is 0 Å². The molecule has 0 aliphatic heterocycles. The number of nitro benzene ring substituents is 1. The third-order valence-corrected chi connectivity index (χ3v) is 2.59. The van der Waals surface area contributed by atoms with Crippen molar-refractivity contribution in [3.8, 4) is 0 Å². The maximum absolute atomic E-state index is 11.4. The van der Waals surface area contributed by atoms with Gasteiger partial charge in [-0.2, -0.15) is 0 Å². The molecule has 8 heteroatoms. The summed E-state index contributed by atoms with van der Waals surface area (Å²) in [5.74, 6) is -1.60. The fourth-order valence-electron chi connectivity index (χ4n) is 1.82. The van der Waals surface area contributed by atoms with E-state index in [0.717, 1.165) is 6.07 Å². The molecule has 0 unspecified atom stereocenters. The number of rotatable bonds is 7. The molecule has 1 aromatic carbocycles. The number of nitro groups is 1. The molecule has 1 amide bonds. The topological polar surface area (TPSA) is 122 Å². The Kier molecular flexibility index (Phi) is 5.79. The van der Waals surface area contributed by atoms with Gasteiger partial charge in [0.2, 0.25) is 5.91 Å². The van der Waals surface area contributed by atoms with Crippen LogP contribution in [0.5, 0.6) is 0 Å². The molecular formula is C13H17N3O5. The third-order valence-electron chi connectivity index (χ3n) is 2.59. The van der Waals surface area contributed by atoms with Crippen LogP contribution in [0.2, 0.25) is 0 Å². The smallest absolute Gasteiger partial charge is 0.343 e. The molecule has 0 saturated carbocycles. The van der Waals surface area contributed by atoms with Crippen molar-refractivity contribution in [2.75, 3.05) is 6.54 Å². The first-order valence-electron chi connectivity index (χ1n) is 6.32. The van der Waals surface area contributed by atoms with Gasteiger partial charge in [-0.3, -0.25) is 14.9 Å². The van der Waals surface area contributed by atoms with E-state index in [1.807, 2.05) is 13.8 Å². The second kappa shape index (κ2) is 7.34. The SMILES string of the molecule is CC(C)NC(=O)CNCc1cccc([N+](=O)[O-])c1C(=O)O. The monoisotopic (exact) mass is 295 g/mol. The number of nitrogens with zero attached hydrogens (tertiary/aromatic N) is 1. The number of aromatic carboxylic acids is 1. The quantitative estimate of drug-likeness (QED) is 0.507. The number of nitrogens with one attached hydrogen (secondary N) is 2. The largest absolute Gasteiger partial charge is 0.477 e. The molecule has 0 spiro atoms. The number of hydrogen-bond donors (Lipinski definition) is 3. The Hall–Kier alpha value is -2.48. The van der Waals surface area contributed by atoms with Gasteiger partial charge >= 0.3 is 5.97 Å².